The van der Waals surface area contributed by atoms with E-state index >= 15 is 0 Å². The van der Waals surface area contributed by atoms with Crippen molar-refractivity contribution in [3.05, 3.63) is 64.6 Å². The molecule has 0 saturated carbocycles. The number of piperidine rings is 1. The molecule has 1 aliphatic rings. The molecular formula is C19H22BrNO3S. The Labute approximate surface area is 158 Å². The summed E-state index contributed by atoms with van der Waals surface area (Å²) in [6.07, 6.45) is 1.68. The van der Waals surface area contributed by atoms with E-state index in [2.05, 4.69) is 15.9 Å². The summed E-state index contributed by atoms with van der Waals surface area (Å²) < 4.78 is 33.6. The minimum Gasteiger partial charge on any atom is -0.376 e. The van der Waals surface area contributed by atoms with Gasteiger partial charge in [-0.3, -0.25) is 0 Å². The zero-order chi connectivity index (χ0) is 17.7. The second kappa shape index (κ2) is 8.45. The van der Waals surface area contributed by atoms with Gasteiger partial charge in [-0.1, -0.05) is 46.3 Å². The first kappa shape index (κ1) is 18.6. The van der Waals surface area contributed by atoms with Gasteiger partial charge in [0.2, 0.25) is 10.0 Å². The highest BCUT2D eigenvalue weighted by atomic mass is 79.9. The normalized spacial score (nSPS) is 16.8. The van der Waals surface area contributed by atoms with Gasteiger partial charge in [0.1, 0.15) is 0 Å². The van der Waals surface area contributed by atoms with Crippen LogP contribution in [0, 0.1) is 5.92 Å². The lowest BCUT2D eigenvalue weighted by Gasteiger charge is -2.31. The van der Waals surface area contributed by atoms with E-state index in [1.165, 1.54) is 0 Å². The number of sulfonamides is 1. The number of ether oxygens (including phenoxy) is 1. The van der Waals surface area contributed by atoms with Crippen molar-refractivity contribution in [3.63, 3.8) is 0 Å². The highest BCUT2D eigenvalue weighted by Crippen LogP contribution is 2.25. The second-order valence-electron chi connectivity index (χ2n) is 6.30. The Morgan fingerprint density at radius 2 is 1.64 bits per heavy atom. The molecule has 0 aromatic heterocycles. The molecule has 134 valence electrons. The van der Waals surface area contributed by atoms with Gasteiger partial charge in [0, 0.05) is 24.2 Å². The van der Waals surface area contributed by atoms with Gasteiger partial charge in [0.15, 0.2) is 0 Å². The van der Waals surface area contributed by atoms with Gasteiger partial charge in [0.25, 0.3) is 0 Å². The molecule has 6 heteroatoms. The van der Waals surface area contributed by atoms with Crippen LogP contribution in [0.3, 0.4) is 0 Å². The standard InChI is InChI=1S/C19H22BrNO3S/c20-18-6-8-19(9-7-18)25(22,23)21-12-10-17(11-13-21)15-24-14-16-4-2-1-3-5-16/h1-9,17H,10-15H2. The van der Waals surface area contributed by atoms with Crippen LogP contribution in [0.4, 0.5) is 0 Å². The molecule has 25 heavy (non-hydrogen) atoms. The van der Waals surface area contributed by atoms with Crippen LogP contribution in [0.5, 0.6) is 0 Å². The number of benzene rings is 2. The fraction of sp³-hybridized carbons (Fsp3) is 0.368. The van der Waals surface area contributed by atoms with Crippen molar-refractivity contribution in [1.29, 1.82) is 0 Å². The fourth-order valence-corrected chi connectivity index (χ4v) is 4.72. The summed E-state index contributed by atoms with van der Waals surface area (Å²) in [7, 11) is -3.39. The molecule has 0 amide bonds. The summed E-state index contributed by atoms with van der Waals surface area (Å²) in [6.45, 7) is 2.40. The zero-order valence-electron chi connectivity index (χ0n) is 14.0. The first-order valence-electron chi connectivity index (χ1n) is 8.43. The molecule has 3 rings (SSSR count). The third-order valence-electron chi connectivity index (χ3n) is 4.49. The number of halogens is 1. The van der Waals surface area contributed by atoms with E-state index < -0.39 is 10.0 Å². The SMILES string of the molecule is O=S(=O)(c1ccc(Br)cc1)N1CCC(COCc2ccccc2)CC1. The summed E-state index contributed by atoms with van der Waals surface area (Å²) in [5.74, 6) is 0.417. The lowest BCUT2D eigenvalue weighted by atomic mass is 9.99. The van der Waals surface area contributed by atoms with Crippen LogP contribution in [-0.4, -0.2) is 32.4 Å². The molecule has 0 aliphatic carbocycles. The maximum atomic E-state index is 12.7. The van der Waals surface area contributed by atoms with Crippen LogP contribution in [0.15, 0.2) is 64.0 Å². The Bertz CT molecular complexity index is 770. The minimum absolute atomic E-state index is 0.356. The third-order valence-corrected chi connectivity index (χ3v) is 6.93. The molecule has 0 atom stereocenters. The predicted octanol–water partition coefficient (Wildman–Crippen LogP) is 4.07. The number of hydrogen-bond acceptors (Lipinski definition) is 3. The van der Waals surface area contributed by atoms with Gasteiger partial charge < -0.3 is 4.74 Å². The van der Waals surface area contributed by atoms with E-state index in [4.69, 9.17) is 4.74 Å². The van der Waals surface area contributed by atoms with Crippen molar-refractivity contribution in [3.8, 4) is 0 Å². The monoisotopic (exact) mass is 423 g/mol. The van der Waals surface area contributed by atoms with Crippen molar-refractivity contribution in [2.75, 3.05) is 19.7 Å². The zero-order valence-corrected chi connectivity index (χ0v) is 16.4. The highest BCUT2D eigenvalue weighted by molar-refractivity contribution is 9.10. The van der Waals surface area contributed by atoms with Gasteiger partial charge in [-0.15, -0.1) is 0 Å². The average molecular weight is 424 g/mol. The molecule has 1 saturated heterocycles. The van der Waals surface area contributed by atoms with Crippen molar-refractivity contribution in [1.82, 2.24) is 4.31 Å². The van der Waals surface area contributed by atoms with E-state index in [-0.39, 0.29) is 0 Å². The molecule has 0 radical (unpaired) electrons. The van der Waals surface area contributed by atoms with Crippen molar-refractivity contribution >= 4 is 26.0 Å². The third kappa shape index (κ3) is 4.91. The Morgan fingerprint density at radius 1 is 1.00 bits per heavy atom. The van der Waals surface area contributed by atoms with E-state index in [1.54, 1.807) is 28.6 Å². The molecule has 1 fully saturated rings. The first-order chi connectivity index (χ1) is 12.1. The first-order valence-corrected chi connectivity index (χ1v) is 10.7. The molecule has 0 bridgehead atoms. The topological polar surface area (TPSA) is 46.6 Å². The molecule has 1 aliphatic heterocycles. The van der Waals surface area contributed by atoms with Crippen molar-refractivity contribution in [2.24, 2.45) is 5.92 Å². The van der Waals surface area contributed by atoms with Crippen LogP contribution >= 0.6 is 15.9 Å². The lowest BCUT2D eigenvalue weighted by Crippen LogP contribution is -2.39. The molecule has 0 N–H and O–H groups in total. The Balaban J connectivity index is 1.49. The van der Waals surface area contributed by atoms with Crippen molar-refractivity contribution < 1.29 is 13.2 Å². The van der Waals surface area contributed by atoms with E-state index in [9.17, 15) is 8.42 Å². The Hall–Kier alpha value is -1.21. The van der Waals surface area contributed by atoms with Gasteiger partial charge >= 0.3 is 0 Å². The molecule has 2 aromatic carbocycles. The van der Waals surface area contributed by atoms with Crippen LogP contribution in [-0.2, 0) is 21.4 Å². The second-order valence-corrected chi connectivity index (χ2v) is 9.16. The average Bonchev–Trinajstić information content (AvgIpc) is 2.63. The maximum Gasteiger partial charge on any atom is 0.243 e. The van der Waals surface area contributed by atoms with E-state index in [0.717, 1.165) is 22.9 Å². The van der Waals surface area contributed by atoms with Gasteiger partial charge in [-0.25, -0.2) is 8.42 Å². The van der Waals surface area contributed by atoms with Gasteiger partial charge in [-0.05, 0) is 48.6 Å². The smallest absolute Gasteiger partial charge is 0.243 e. The maximum absolute atomic E-state index is 12.7. The number of rotatable bonds is 6. The molecule has 2 aromatic rings. The molecule has 1 heterocycles. The molecule has 0 spiro atoms. The summed E-state index contributed by atoms with van der Waals surface area (Å²) in [4.78, 5) is 0.356. The van der Waals surface area contributed by atoms with E-state index in [1.807, 2.05) is 30.3 Å². The summed E-state index contributed by atoms with van der Waals surface area (Å²) >= 11 is 3.33. The Kier molecular flexibility index (Phi) is 6.28. The van der Waals surface area contributed by atoms with Gasteiger partial charge in [0.05, 0.1) is 11.5 Å². The molecular weight excluding hydrogens is 402 g/mol. The van der Waals surface area contributed by atoms with Crippen molar-refractivity contribution in [2.45, 2.75) is 24.3 Å². The summed E-state index contributed by atoms with van der Waals surface area (Å²) in [6, 6.07) is 16.9. The van der Waals surface area contributed by atoms with Crippen LogP contribution < -0.4 is 0 Å². The quantitative estimate of drug-likeness (QED) is 0.703. The predicted molar refractivity (Wildman–Crippen MR) is 102 cm³/mol. The van der Waals surface area contributed by atoms with Crippen LogP contribution in [0.1, 0.15) is 18.4 Å². The van der Waals surface area contributed by atoms with Crippen LogP contribution in [0.25, 0.3) is 0 Å². The minimum atomic E-state index is -3.39. The molecule has 0 unspecified atom stereocenters. The summed E-state index contributed by atoms with van der Waals surface area (Å²) in [5.41, 5.74) is 1.16. The van der Waals surface area contributed by atoms with E-state index in [0.29, 0.717) is 37.1 Å². The largest absolute Gasteiger partial charge is 0.376 e. The van der Waals surface area contributed by atoms with Gasteiger partial charge in [-0.2, -0.15) is 4.31 Å². The lowest BCUT2D eigenvalue weighted by molar-refractivity contribution is 0.0688. The van der Waals surface area contributed by atoms with Crippen LogP contribution in [0.2, 0.25) is 0 Å². The number of nitrogens with zero attached hydrogens (tertiary/aromatic N) is 1. The molecule has 4 nitrogen and oxygen atoms in total. The fourth-order valence-electron chi connectivity index (χ4n) is 2.99. The Morgan fingerprint density at radius 3 is 2.28 bits per heavy atom. The highest BCUT2D eigenvalue weighted by Gasteiger charge is 2.29. The summed E-state index contributed by atoms with van der Waals surface area (Å²) in [5, 5.41) is 0. The number of hydrogen-bond donors (Lipinski definition) is 0.